The van der Waals surface area contributed by atoms with Gasteiger partial charge in [0.2, 0.25) is 0 Å². The number of para-hydroxylation sites is 2. The minimum absolute atomic E-state index is 0.0841. The van der Waals surface area contributed by atoms with E-state index in [0.717, 1.165) is 0 Å². The number of ether oxygens (including phenoxy) is 2. The standard InChI is InChI=1S/C17H16ClNO5S/c1-12(18)11-24-17(20)13-6-5-7-14(10-13)25(21,22)19-15-8-3-4-9-16(15)23-2/h3-10,19H,1,11H2,2H3. The van der Waals surface area contributed by atoms with E-state index in [0.29, 0.717) is 5.75 Å². The molecule has 0 bridgehead atoms. The zero-order chi connectivity index (χ0) is 18.4. The van der Waals surface area contributed by atoms with Gasteiger partial charge >= 0.3 is 5.97 Å². The van der Waals surface area contributed by atoms with E-state index in [1.165, 1.54) is 31.4 Å². The first-order valence-electron chi connectivity index (χ1n) is 7.10. The minimum Gasteiger partial charge on any atom is -0.495 e. The number of methoxy groups -OCH3 is 1. The van der Waals surface area contributed by atoms with Crippen LogP contribution in [-0.4, -0.2) is 28.1 Å². The quantitative estimate of drug-likeness (QED) is 0.743. The first-order valence-corrected chi connectivity index (χ1v) is 8.96. The van der Waals surface area contributed by atoms with Crippen molar-refractivity contribution in [2.24, 2.45) is 0 Å². The van der Waals surface area contributed by atoms with Crippen molar-refractivity contribution in [3.8, 4) is 5.75 Å². The molecule has 0 radical (unpaired) electrons. The van der Waals surface area contributed by atoms with Crippen LogP contribution in [0.25, 0.3) is 0 Å². The van der Waals surface area contributed by atoms with Crippen molar-refractivity contribution in [3.05, 3.63) is 65.7 Å². The van der Waals surface area contributed by atoms with Crippen LogP contribution in [0, 0.1) is 0 Å². The minimum atomic E-state index is -3.91. The molecule has 0 aromatic heterocycles. The van der Waals surface area contributed by atoms with Crippen molar-refractivity contribution < 1.29 is 22.7 Å². The zero-order valence-electron chi connectivity index (χ0n) is 13.4. The van der Waals surface area contributed by atoms with Crippen LogP contribution in [0.15, 0.2) is 65.0 Å². The summed E-state index contributed by atoms with van der Waals surface area (Å²) in [7, 11) is -2.48. The van der Waals surface area contributed by atoms with Gasteiger partial charge in [-0.05, 0) is 30.3 Å². The number of benzene rings is 2. The molecule has 0 saturated heterocycles. The van der Waals surface area contributed by atoms with Crippen LogP contribution < -0.4 is 9.46 Å². The lowest BCUT2D eigenvalue weighted by atomic mass is 10.2. The van der Waals surface area contributed by atoms with Crippen LogP contribution in [0.1, 0.15) is 10.4 Å². The third-order valence-corrected chi connectivity index (χ3v) is 4.56. The summed E-state index contributed by atoms with van der Waals surface area (Å²) in [4.78, 5) is 11.8. The van der Waals surface area contributed by atoms with Crippen molar-refractivity contribution in [2.45, 2.75) is 4.90 Å². The molecule has 2 rings (SSSR count). The third kappa shape index (κ3) is 4.98. The van der Waals surface area contributed by atoms with Gasteiger partial charge in [0.05, 0.1) is 23.3 Å². The Balaban J connectivity index is 2.26. The maximum atomic E-state index is 12.6. The van der Waals surface area contributed by atoms with Gasteiger partial charge in [-0.3, -0.25) is 4.72 Å². The molecule has 2 aromatic rings. The Morgan fingerprint density at radius 1 is 1.20 bits per heavy atom. The number of rotatable bonds is 7. The van der Waals surface area contributed by atoms with Crippen molar-refractivity contribution in [1.29, 1.82) is 0 Å². The van der Waals surface area contributed by atoms with Crippen molar-refractivity contribution in [2.75, 3.05) is 18.4 Å². The molecule has 0 spiro atoms. The predicted octanol–water partition coefficient (Wildman–Crippen LogP) is 3.41. The molecule has 25 heavy (non-hydrogen) atoms. The summed E-state index contributed by atoms with van der Waals surface area (Å²) in [5, 5.41) is 0.162. The van der Waals surface area contributed by atoms with Gasteiger partial charge in [-0.2, -0.15) is 0 Å². The first-order chi connectivity index (χ1) is 11.8. The number of carbonyl (C=O) groups is 1. The van der Waals surface area contributed by atoms with Crippen molar-refractivity contribution in [3.63, 3.8) is 0 Å². The third-order valence-electron chi connectivity index (χ3n) is 3.09. The van der Waals surface area contributed by atoms with Gasteiger partial charge in [0.1, 0.15) is 12.4 Å². The molecule has 8 heteroatoms. The lowest BCUT2D eigenvalue weighted by Gasteiger charge is -2.12. The fourth-order valence-electron chi connectivity index (χ4n) is 1.95. The number of nitrogens with one attached hydrogen (secondary N) is 1. The smallest absolute Gasteiger partial charge is 0.338 e. The fraction of sp³-hybridized carbons (Fsp3) is 0.118. The van der Waals surface area contributed by atoms with E-state index in [2.05, 4.69) is 11.3 Å². The van der Waals surface area contributed by atoms with Gasteiger partial charge in [-0.15, -0.1) is 0 Å². The summed E-state index contributed by atoms with van der Waals surface area (Å²) in [6.07, 6.45) is 0. The molecule has 0 fully saturated rings. The molecule has 0 atom stereocenters. The van der Waals surface area contributed by atoms with E-state index in [4.69, 9.17) is 21.1 Å². The number of carbonyl (C=O) groups excluding carboxylic acids is 1. The van der Waals surface area contributed by atoms with Gasteiger partial charge in [-0.1, -0.05) is 36.4 Å². The predicted molar refractivity (Wildman–Crippen MR) is 95.5 cm³/mol. The highest BCUT2D eigenvalue weighted by atomic mass is 35.5. The molecular formula is C17H16ClNO5S. The molecule has 0 amide bonds. The molecule has 132 valence electrons. The average Bonchev–Trinajstić information content (AvgIpc) is 2.60. The van der Waals surface area contributed by atoms with E-state index >= 15 is 0 Å². The number of hydrogen-bond acceptors (Lipinski definition) is 5. The van der Waals surface area contributed by atoms with Crippen LogP contribution in [0.4, 0.5) is 5.69 Å². The first kappa shape index (κ1) is 18.8. The number of halogens is 1. The molecular weight excluding hydrogens is 366 g/mol. The second-order valence-corrected chi connectivity index (χ2v) is 7.14. The number of anilines is 1. The molecule has 0 aliphatic heterocycles. The summed E-state index contributed by atoms with van der Waals surface area (Å²) >= 11 is 5.54. The Hall–Kier alpha value is -2.51. The second kappa shape index (κ2) is 8.04. The Morgan fingerprint density at radius 3 is 2.60 bits per heavy atom. The lowest BCUT2D eigenvalue weighted by Crippen LogP contribution is -2.15. The summed E-state index contributed by atoms with van der Waals surface area (Å²) in [5.74, 6) is -0.321. The Morgan fingerprint density at radius 2 is 1.92 bits per heavy atom. The number of sulfonamides is 1. The van der Waals surface area contributed by atoms with Crippen molar-refractivity contribution >= 4 is 33.3 Å². The van der Waals surface area contributed by atoms with E-state index in [1.54, 1.807) is 24.3 Å². The zero-order valence-corrected chi connectivity index (χ0v) is 14.9. The highest BCUT2D eigenvalue weighted by Crippen LogP contribution is 2.26. The van der Waals surface area contributed by atoms with Crippen LogP contribution >= 0.6 is 11.6 Å². The number of hydrogen-bond donors (Lipinski definition) is 1. The molecule has 2 aromatic carbocycles. The molecule has 0 aliphatic carbocycles. The van der Waals surface area contributed by atoms with Gasteiger partial charge in [-0.25, -0.2) is 13.2 Å². The average molecular weight is 382 g/mol. The van der Waals surface area contributed by atoms with Crippen LogP contribution in [0.2, 0.25) is 0 Å². The molecule has 1 N–H and O–H groups in total. The summed E-state index contributed by atoms with van der Waals surface area (Å²) in [6, 6.07) is 12.1. The number of esters is 1. The normalized spacial score (nSPS) is 10.8. The molecule has 6 nitrogen and oxygen atoms in total. The maximum Gasteiger partial charge on any atom is 0.338 e. The van der Waals surface area contributed by atoms with Crippen LogP contribution in [-0.2, 0) is 14.8 Å². The summed E-state index contributed by atoms with van der Waals surface area (Å²) in [6.45, 7) is 3.26. The summed E-state index contributed by atoms with van der Waals surface area (Å²) < 4.78 is 37.6. The molecule has 0 aliphatic rings. The largest absolute Gasteiger partial charge is 0.495 e. The van der Waals surface area contributed by atoms with E-state index < -0.39 is 16.0 Å². The fourth-order valence-corrected chi connectivity index (χ4v) is 3.12. The Kier molecular flexibility index (Phi) is 6.06. The van der Waals surface area contributed by atoms with E-state index in [-0.39, 0.29) is 27.8 Å². The lowest BCUT2D eigenvalue weighted by molar-refractivity contribution is 0.0546. The molecule has 0 heterocycles. The van der Waals surface area contributed by atoms with E-state index in [1.807, 2.05) is 0 Å². The van der Waals surface area contributed by atoms with Crippen LogP contribution in [0.3, 0.4) is 0 Å². The topological polar surface area (TPSA) is 81.7 Å². The van der Waals surface area contributed by atoms with Crippen molar-refractivity contribution in [1.82, 2.24) is 0 Å². The van der Waals surface area contributed by atoms with Gasteiger partial charge < -0.3 is 9.47 Å². The monoisotopic (exact) mass is 381 g/mol. The molecule has 0 saturated carbocycles. The maximum absolute atomic E-state index is 12.6. The van der Waals surface area contributed by atoms with Gasteiger partial charge in [0.15, 0.2) is 0 Å². The van der Waals surface area contributed by atoms with E-state index in [9.17, 15) is 13.2 Å². The Labute approximate surface area is 151 Å². The highest BCUT2D eigenvalue weighted by Gasteiger charge is 2.18. The second-order valence-electron chi connectivity index (χ2n) is 4.93. The highest BCUT2D eigenvalue weighted by molar-refractivity contribution is 7.92. The Bertz CT molecular complexity index is 895. The van der Waals surface area contributed by atoms with Gasteiger partial charge in [0.25, 0.3) is 10.0 Å². The van der Waals surface area contributed by atoms with Crippen LogP contribution in [0.5, 0.6) is 5.75 Å². The summed E-state index contributed by atoms with van der Waals surface area (Å²) in [5.41, 5.74) is 0.372. The SMILES string of the molecule is C=C(Cl)COC(=O)c1cccc(S(=O)(=O)Nc2ccccc2OC)c1. The van der Waals surface area contributed by atoms with Gasteiger partial charge in [0, 0.05) is 5.03 Å². The molecule has 0 unspecified atom stereocenters.